The predicted octanol–water partition coefficient (Wildman–Crippen LogP) is 21.5. The smallest absolute Gasteiger partial charge is 0.306 e. The SMILES string of the molecule is CC/C=C\C/C=C\C/C=C\C/C=C\CCCCCCCCCCCCCCCCCCCCC(=O)OC(CO)COC(=O)CCCCCCCCCCCCCCCCC/C=C\C/C=C\CCCCCCC. The van der Waals surface area contributed by atoms with E-state index in [9.17, 15) is 14.7 Å². The van der Waals surface area contributed by atoms with Gasteiger partial charge in [0.25, 0.3) is 0 Å². The average Bonchev–Trinajstić information content (AvgIpc) is 3.38. The number of hydrogen-bond acceptors (Lipinski definition) is 5. The lowest BCUT2D eigenvalue weighted by molar-refractivity contribution is -0.161. The van der Waals surface area contributed by atoms with E-state index in [-0.39, 0.29) is 25.2 Å². The fourth-order valence-corrected chi connectivity index (χ4v) is 9.29. The molecule has 1 atom stereocenters. The minimum Gasteiger partial charge on any atom is -0.462 e. The Morgan fingerprint density at radius 1 is 0.333 bits per heavy atom. The number of hydrogen-bond donors (Lipinski definition) is 1. The Bertz CT molecular complexity index is 1270. The van der Waals surface area contributed by atoms with Crippen LogP contribution in [-0.4, -0.2) is 36.4 Å². The number of rotatable bonds is 58. The van der Waals surface area contributed by atoms with E-state index in [0.29, 0.717) is 12.8 Å². The maximum Gasteiger partial charge on any atom is 0.306 e. The molecule has 0 aliphatic carbocycles. The molecule has 0 spiro atoms. The Labute approximate surface area is 448 Å². The highest BCUT2D eigenvalue weighted by atomic mass is 16.6. The molecule has 0 aliphatic heterocycles. The van der Waals surface area contributed by atoms with Crippen molar-refractivity contribution in [3.8, 4) is 0 Å². The Kier molecular flexibility index (Phi) is 60.3. The van der Waals surface area contributed by atoms with Crippen LogP contribution < -0.4 is 0 Å². The van der Waals surface area contributed by atoms with Crippen molar-refractivity contribution in [1.29, 1.82) is 0 Å². The summed E-state index contributed by atoms with van der Waals surface area (Å²) in [6.07, 6.45) is 86.2. The molecule has 72 heavy (non-hydrogen) atoms. The molecule has 5 heteroatoms. The maximum atomic E-state index is 12.3. The third-order valence-corrected chi connectivity index (χ3v) is 14.0. The van der Waals surface area contributed by atoms with Crippen molar-refractivity contribution in [2.75, 3.05) is 13.2 Å². The van der Waals surface area contributed by atoms with Crippen LogP contribution in [0.25, 0.3) is 0 Å². The predicted molar refractivity (Wildman–Crippen MR) is 316 cm³/mol. The van der Waals surface area contributed by atoms with Crippen molar-refractivity contribution in [2.24, 2.45) is 0 Å². The Morgan fingerprint density at radius 3 is 0.903 bits per heavy atom. The van der Waals surface area contributed by atoms with Crippen molar-refractivity contribution in [3.63, 3.8) is 0 Å². The van der Waals surface area contributed by atoms with Gasteiger partial charge in [-0.1, -0.05) is 299 Å². The summed E-state index contributed by atoms with van der Waals surface area (Å²) in [5, 5.41) is 9.68. The number of aliphatic hydroxyl groups is 1. The van der Waals surface area contributed by atoms with Crippen LogP contribution in [0.15, 0.2) is 72.9 Å². The van der Waals surface area contributed by atoms with Gasteiger partial charge in [-0.2, -0.15) is 0 Å². The first kappa shape index (κ1) is 69.3. The third-order valence-electron chi connectivity index (χ3n) is 14.0. The molecule has 0 saturated heterocycles. The highest BCUT2D eigenvalue weighted by Crippen LogP contribution is 2.17. The van der Waals surface area contributed by atoms with Crippen molar-refractivity contribution in [2.45, 2.75) is 328 Å². The fraction of sp³-hybridized carbons (Fsp3) is 0.791. The van der Waals surface area contributed by atoms with Crippen LogP contribution >= 0.6 is 0 Å². The van der Waals surface area contributed by atoms with Crippen molar-refractivity contribution in [3.05, 3.63) is 72.9 Å². The molecule has 0 amide bonds. The highest BCUT2D eigenvalue weighted by molar-refractivity contribution is 5.70. The number of unbranched alkanes of at least 4 members (excludes halogenated alkanes) is 38. The number of esters is 2. The van der Waals surface area contributed by atoms with Gasteiger partial charge in [-0.15, -0.1) is 0 Å². The van der Waals surface area contributed by atoms with E-state index < -0.39 is 6.10 Å². The number of carbonyl (C=O) groups is 2. The molecule has 0 bridgehead atoms. The molecule has 0 fully saturated rings. The van der Waals surface area contributed by atoms with E-state index >= 15 is 0 Å². The lowest BCUT2D eigenvalue weighted by atomic mass is 10.0. The number of allylic oxidation sites excluding steroid dienone is 12. The van der Waals surface area contributed by atoms with Gasteiger partial charge in [-0.05, 0) is 83.5 Å². The van der Waals surface area contributed by atoms with E-state index in [1.807, 2.05) is 0 Å². The van der Waals surface area contributed by atoms with Gasteiger partial charge in [-0.25, -0.2) is 0 Å². The van der Waals surface area contributed by atoms with Crippen LogP contribution in [0.4, 0.5) is 0 Å². The minimum atomic E-state index is -0.774. The van der Waals surface area contributed by atoms with Crippen LogP contribution in [0.3, 0.4) is 0 Å². The Hall–Kier alpha value is -2.66. The van der Waals surface area contributed by atoms with E-state index in [2.05, 4.69) is 86.8 Å². The lowest BCUT2D eigenvalue weighted by Gasteiger charge is -2.15. The van der Waals surface area contributed by atoms with Crippen LogP contribution in [-0.2, 0) is 19.1 Å². The Morgan fingerprint density at radius 2 is 0.597 bits per heavy atom. The van der Waals surface area contributed by atoms with Gasteiger partial charge in [0.1, 0.15) is 6.61 Å². The normalized spacial score (nSPS) is 12.7. The third kappa shape index (κ3) is 59.9. The Balaban J connectivity index is 3.44. The van der Waals surface area contributed by atoms with Crippen LogP contribution in [0.5, 0.6) is 0 Å². The molecule has 0 aromatic rings. The molecule has 0 aromatic heterocycles. The van der Waals surface area contributed by atoms with Gasteiger partial charge in [0.05, 0.1) is 6.61 Å². The molecule has 0 aromatic carbocycles. The van der Waals surface area contributed by atoms with Gasteiger partial charge >= 0.3 is 11.9 Å². The molecule has 1 unspecified atom stereocenters. The summed E-state index contributed by atoms with van der Waals surface area (Å²) in [6.45, 7) is 4.06. The van der Waals surface area contributed by atoms with E-state index in [1.165, 1.54) is 225 Å². The first-order chi connectivity index (χ1) is 35.6. The second-order valence-electron chi connectivity index (χ2n) is 21.1. The van der Waals surface area contributed by atoms with Crippen LogP contribution in [0.1, 0.15) is 322 Å². The zero-order valence-corrected chi connectivity index (χ0v) is 47.9. The van der Waals surface area contributed by atoms with Crippen molar-refractivity contribution >= 4 is 11.9 Å². The molecule has 0 saturated carbocycles. The van der Waals surface area contributed by atoms with E-state index in [0.717, 1.165) is 70.6 Å². The molecule has 0 radical (unpaired) electrons. The quantitative estimate of drug-likeness (QED) is 0.0373. The summed E-state index contributed by atoms with van der Waals surface area (Å²) < 4.78 is 10.7. The number of carbonyl (C=O) groups excluding carboxylic acids is 2. The van der Waals surface area contributed by atoms with Gasteiger partial charge < -0.3 is 14.6 Å². The first-order valence-electron chi connectivity index (χ1n) is 31.5. The number of aliphatic hydroxyl groups excluding tert-OH is 1. The summed E-state index contributed by atoms with van der Waals surface area (Å²) in [5.41, 5.74) is 0. The van der Waals surface area contributed by atoms with Crippen molar-refractivity contribution in [1.82, 2.24) is 0 Å². The zero-order valence-electron chi connectivity index (χ0n) is 47.9. The summed E-state index contributed by atoms with van der Waals surface area (Å²) in [4.78, 5) is 24.6. The van der Waals surface area contributed by atoms with Crippen LogP contribution in [0, 0.1) is 0 Å². The standard InChI is InChI=1S/C67H120O5/c1-3-5-7-9-11-13-15-17-19-21-23-25-27-29-31-32-33-34-36-38-40-42-44-46-48-50-52-54-56-58-60-62-67(70)72-65(63-68)64-71-66(69)61-59-57-55-53-51-49-47-45-43-41-39-37-35-30-28-26-24-22-20-18-16-14-12-10-8-6-4-2/h5,7,11,13,16-19,22-25,65,68H,3-4,6,8-10,12,14-15,20-21,26-64H2,1-2H3/b7-5-,13-11-,18-16-,19-17-,24-22-,25-23-. The highest BCUT2D eigenvalue weighted by Gasteiger charge is 2.16. The van der Waals surface area contributed by atoms with Gasteiger partial charge in [0.2, 0.25) is 0 Å². The molecule has 0 aliphatic rings. The molecule has 5 nitrogen and oxygen atoms in total. The maximum absolute atomic E-state index is 12.3. The van der Waals surface area contributed by atoms with Crippen LogP contribution in [0.2, 0.25) is 0 Å². The molecule has 418 valence electrons. The topological polar surface area (TPSA) is 72.8 Å². The van der Waals surface area contributed by atoms with E-state index in [1.54, 1.807) is 0 Å². The van der Waals surface area contributed by atoms with Gasteiger partial charge in [0, 0.05) is 12.8 Å². The monoisotopic (exact) mass is 1000 g/mol. The summed E-state index contributed by atoms with van der Waals surface area (Å²) in [7, 11) is 0. The molecule has 0 heterocycles. The first-order valence-corrected chi connectivity index (χ1v) is 31.5. The molecule has 1 N–H and O–H groups in total. The minimum absolute atomic E-state index is 0.0638. The van der Waals surface area contributed by atoms with Crippen molar-refractivity contribution < 1.29 is 24.2 Å². The fourth-order valence-electron chi connectivity index (χ4n) is 9.29. The lowest BCUT2D eigenvalue weighted by Crippen LogP contribution is -2.28. The largest absolute Gasteiger partial charge is 0.462 e. The average molecular weight is 1010 g/mol. The molecular weight excluding hydrogens is 885 g/mol. The summed E-state index contributed by atoms with van der Waals surface area (Å²) in [6, 6.07) is 0. The summed E-state index contributed by atoms with van der Waals surface area (Å²) >= 11 is 0. The van der Waals surface area contributed by atoms with E-state index in [4.69, 9.17) is 9.47 Å². The molecular formula is C67H120O5. The van der Waals surface area contributed by atoms with Gasteiger partial charge in [0.15, 0.2) is 6.10 Å². The summed E-state index contributed by atoms with van der Waals surface area (Å²) in [5.74, 6) is -0.576. The number of ether oxygens (including phenoxy) is 2. The molecule has 0 rings (SSSR count). The second-order valence-corrected chi connectivity index (χ2v) is 21.1. The van der Waals surface area contributed by atoms with Gasteiger partial charge in [-0.3, -0.25) is 9.59 Å². The zero-order chi connectivity index (χ0) is 52.0. The second kappa shape index (κ2) is 62.6.